The molecule has 0 spiro atoms. The van der Waals surface area contributed by atoms with Gasteiger partial charge in [0, 0.05) is 24.9 Å². The molecule has 0 atom stereocenters. The van der Waals surface area contributed by atoms with Crippen LogP contribution in [-0.4, -0.2) is 51.9 Å². The number of sulfone groups is 1. The van der Waals surface area contributed by atoms with E-state index in [1.165, 1.54) is 29.7 Å². The van der Waals surface area contributed by atoms with Crippen molar-refractivity contribution in [2.45, 2.75) is 5.03 Å². The van der Waals surface area contributed by atoms with Crippen molar-refractivity contribution in [1.82, 2.24) is 4.98 Å². The van der Waals surface area contributed by atoms with Gasteiger partial charge >= 0.3 is 0 Å². The third-order valence-electron chi connectivity index (χ3n) is 4.69. The normalized spacial score (nSPS) is 14.5. The van der Waals surface area contributed by atoms with Crippen LogP contribution in [0.4, 0.5) is 10.7 Å². The summed E-state index contributed by atoms with van der Waals surface area (Å²) in [7, 11) is -3.38. The van der Waals surface area contributed by atoms with E-state index < -0.39 is 9.84 Å². The van der Waals surface area contributed by atoms with E-state index >= 15 is 0 Å². The molecule has 2 aromatic heterocycles. The molecular weight excluding hydrogens is 422 g/mol. The number of pyridine rings is 1. The van der Waals surface area contributed by atoms with Gasteiger partial charge in [-0.1, -0.05) is 30.3 Å². The van der Waals surface area contributed by atoms with E-state index in [2.05, 4.69) is 15.2 Å². The standard InChI is InChI=1S/C21H21N3O4S2/c1-30(26,27)19-8-7-16(14-22-19)23-20(25)18-13-17(15-5-3-2-4-6-15)21(29-18)24-9-11-28-12-10-24/h2-8,13-14H,9-12H2,1H3,(H,23,25). The van der Waals surface area contributed by atoms with Crippen LogP contribution in [0.5, 0.6) is 0 Å². The maximum Gasteiger partial charge on any atom is 0.265 e. The lowest BCUT2D eigenvalue weighted by Gasteiger charge is -2.28. The Bertz CT molecular complexity index is 1140. The van der Waals surface area contributed by atoms with Crippen LogP contribution < -0.4 is 10.2 Å². The first-order chi connectivity index (χ1) is 14.4. The number of morpholine rings is 1. The number of ether oxygens (including phenoxy) is 1. The Labute approximate surface area is 179 Å². The molecule has 9 heteroatoms. The lowest BCUT2D eigenvalue weighted by Crippen LogP contribution is -2.35. The number of hydrogen-bond acceptors (Lipinski definition) is 7. The van der Waals surface area contributed by atoms with Crippen molar-refractivity contribution < 1.29 is 17.9 Å². The second-order valence-electron chi connectivity index (χ2n) is 6.91. The van der Waals surface area contributed by atoms with Crippen molar-refractivity contribution in [2.75, 3.05) is 42.8 Å². The molecule has 3 heterocycles. The number of amides is 1. The van der Waals surface area contributed by atoms with Crippen molar-refractivity contribution in [3.8, 4) is 11.1 Å². The Hall–Kier alpha value is -2.75. The molecule has 156 valence electrons. The van der Waals surface area contributed by atoms with E-state index in [-0.39, 0.29) is 10.9 Å². The fourth-order valence-corrected chi connectivity index (χ4v) is 4.87. The van der Waals surface area contributed by atoms with Crippen LogP contribution in [-0.2, 0) is 14.6 Å². The highest BCUT2D eigenvalue weighted by molar-refractivity contribution is 7.90. The number of carbonyl (C=O) groups excluding carboxylic acids is 1. The van der Waals surface area contributed by atoms with Crippen molar-refractivity contribution in [3.05, 3.63) is 59.6 Å². The molecule has 3 aromatic rings. The van der Waals surface area contributed by atoms with E-state index in [1.54, 1.807) is 0 Å². The molecule has 7 nitrogen and oxygen atoms in total. The number of nitrogens with one attached hydrogen (secondary N) is 1. The quantitative estimate of drug-likeness (QED) is 0.651. The van der Waals surface area contributed by atoms with Crippen molar-refractivity contribution in [3.63, 3.8) is 0 Å². The summed E-state index contributed by atoms with van der Waals surface area (Å²) in [6.45, 7) is 2.87. The molecule has 1 aromatic carbocycles. The van der Waals surface area contributed by atoms with Gasteiger partial charge in [0.1, 0.15) is 0 Å². The summed E-state index contributed by atoms with van der Waals surface area (Å²) in [6, 6.07) is 14.8. The molecule has 1 saturated heterocycles. The maximum absolute atomic E-state index is 12.9. The van der Waals surface area contributed by atoms with Crippen molar-refractivity contribution in [2.24, 2.45) is 0 Å². The number of aromatic nitrogens is 1. The van der Waals surface area contributed by atoms with E-state index in [0.717, 1.165) is 35.5 Å². The summed E-state index contributed by atoms with van der Waals surface area (Å²) in [5.74, 6) is -0.259. The van der Waals surface area contributed by atoms with Crippen LogP contribution in [0.25, 0.3) is 11.1 Å². The van der Waals surface area contributed by atoms with E-state index in [1.807, 2.05) is 36.4 Å². The van der Waals surface area contributed by atoms with Crippen LogP contribution >= 0.6 is 11.3 Å². The number of nitrogens with zero attached hydrogens (tertiary/aromatic N) is 2. The van der Waals surface area contributed by atoms with Crippen LogP contribution in [0.1, 0.15) is 9.67 Å². The molecule has 30 heavy (non-hydrogen) atoms. The number of rotatable bonds is 5. The zero-order valence-corrected chi connectivity index (χ0v) is 18.0. The van der Waals surface area contributed by atoms with Gasteiger partial charge in [-0.2, -0.15) is 0 Å². The largest absolute Gasteiger partial charge is 0.378 e. The van der Waals surface area contributed by atoms with E-state index in [9.17, 15) is 13.2 Å². The number of anilines is 2. The van der Waals surface area contributed by atoms with Gasteiger partial charge in [-0.3, -0.25) is 4.79 Å². The second kappa shape index (κ2) is 8.55. The predicted molar refractivity (Wildman–Crippen MR) is 118 cm³/mol. The lowest BCUT2D eigenvalue weighted by molar-refractivity contribution is 0.103. The van der Waals surface area contributed by atoms with Gasteiger partial charge < -0.3 is 15.0 Å². The van der Waals surface area contributed by atoms with Crippen LogP contribution in [0.2, 0.25) is 0 Å². The molecule has 0 aliphatic carbocycles. The Morgan fingerprint density at radius 3 is 2.50 bits per heavy atom. The van der Waals surface area contributed by atoms with Gasteiger partial charge in [-0.25, -0.2) is 13.4 Å². The summed E-state index contributed by atoms with van der Waals surface area (Å²) in [5, 5.41) is 3.81. The molecular formula is C21H21N3O4S2. The molecule has 1 fully saturated rings. The summed E-state index contributed by atoms with van der Waals surface area (Å²) >= 11 is 1.44. The minimum atomic E-state index is -3.38. The summed E-state index contributed by atoms with van der Waals surface area (Å²) in [5.41, 5.74) is 2.50. The first-order valence-electron chi connectivity index (χ1n) is 9.41. The Kier molecular flexibility index (Phi) is 5.85. The monoisotopic (exact) mass is 443 g/mol. The van der Waals surface area contributed by atoms with E-state index in [4.69, 9.17) is 4.74 Å². The molecule has 0 saturated carbocycles. The molecule has 1 amide bonds. The molecule has 1 aliphatic heterocycles. The molecule has 1 aliphatic rings. The minimum Gasteiger partial charge on any atom is -0.378 e. The first-order valence-corrected chi connectivity index (χ1v) is 12.1. The van der Waals surface area contributed by atoms with Gasteiger partial charge in [0.25, 0.3) is 5.91 Å². The van der Waals surface area contributed by atoms with Gasteiger partial charge in [-0.05, 0) is 23.8 Å². The van der Waals surface area contributed by atoms with Gasteiger partial charge in [-0.15, -0.1) is 11.3 Å². The molecule has 1 N–H and O–H groups in total. The SMILES string of the molecule is CS(=O)(=O)c1ccc(NC(=O)c2cc(-c3ccccc3)c(N3CCOCC3)s2)cn1. The highest BCUT2D eigenvalue weighted by Crippen LogP contribution is 2.39. The Balaban J connectivity index is 1.62. The zero-order chi connectivity index (χ0) is 21.1. The fourth-order valence-electron chi connectivity index (χ4n) is 3.19. The second-order valence-corrected chi connectivity index (χ2v) is 9.90. The smallest absolute Gasteiger partial charge is 0.265 e. The van der Waals surface area contributed by atoms with Crippen LogP contribution in [0.3, 0.4) is 0 Å². The Morgan fingerprint density at radius 2 is 1.87 bits per heavy atom. The van der Waals surface area contributed by atoms with Gasteiger partial charge in [0.15, 0.2) is 14.9 Å². The lowest BCUT2D eigenvalue weighted by atomic mass is 10.1. The van der Waals surface area contributed by atoms with E-state index in [0.29, 0.717) is 23.8 Å². The third-order valence-corrected chi connectivity index (χ3v) is 6.89. The number of hydrogen-bond donors (Lipinski definition) is 1. The predicted octanol–water partition coefficient (Wildman–Crippen LogP) is 3.30. The minimum absolute atomic E-state index is 0.0300. The van der Waals surface area contributed by atoms with Crippen molar-refractivity contribution in [1.29, 1.82) is 0 Å². The molecule has 0 unspecified atom stereocenters. The third kappa shape index (κ3) is 4.53. The van der Waals surface area contributed by atoms with Crippen molar-refractivity contribution >= 4 is 37.8 Å². The van der Waals surface area contributed by atoms with Gasteiger partial charge in [0.05, 0.1) is 35.0 Å². The highest BCUT2D eigenvalue weighted by Gasteiger charge is 2.22. The summed E-state index contributed by atoms with van der Waals surface area (Å²) in [4.78, 5) is 19.6. The molecule has 0 radical (unpaired) electrons. The topological polar surface area (TPSA) is 88.6 Å². The number of carbonyl (C=O) groups is 1. The first kappa shape index (κ1) is 20.5. The maximum atomic E-state index is 12.9. The summed E-state index contributed by atoms with van der Waals surface area (Å²) < 4.78 is 28.6. The number of thiophene rings is 1. The highest BCUT2D eigenvalue weighted by atomic mass is 32.2. The van der Waals surface area contributed by atoms with Crippen LogP contribution in [0.15, 0.2) is 59.8 Å². The summed E-state index contributed by atoms with van der Waals surface area (Å²) in [6.07, 6.45) is 2.44. The molecule has 4 rings (SSSR count). The molecule has 0 bridgehead atoms. The number of benzene rings is 1. The average molecular weight is 444 g/mol. The van der Waals surface area contributed by atoms with Crippen LogP contribution in [0, 0.1) is 0 Å². The zero-order valence-electron chi connectivity index (χ0n) is 16.4. The fraction of sp³-hybridized carbons (Fsp3) is 0.238. The van der Waals surface area contributed by atoms with Gasteiger partial charge in [0.2, 0.25) is 0 Å². The average Bonchev–Trinajstić information content (AvgIpc) is 3.20. The Morgan fingerprint density at radius 1 is 1.13 bits per heavy atom.